The van der Waals surface area contributed by atoms with Crippen LogP contribution in [0.15, 0.2) is 72.1 Å². The van der Waals surface area contributed by atoms with E-state index in [0.717, 1.165) is 27.5 Å². The lowest BCUT2D eigenvalue weighted by atomic mass is 10.1. The molecule has 0 atom stereocenters. The average Bonchev–Trinajstić information content (AvgIpc) is 3.37. The highest BCUT2D eigenvalue weighted by molar-refractivity contribution is 7.13. The van der Waals surface area contributed by atoms with Crippen molar-refractivity contribution in [1.29, 1.82) is 0 Å². The minimum absolute atomic E-state index is 0.200. The van der Waals surface area contributed by atoms with Crippen molar-refractivity contribution in [1.82, 2.24) is 20.5 Å². The molecule has 128 valence electrons. The van der Waals surface area contributed by atoms with Crippen molar-refractivity contribution in [3.63, 3.8) is 0 Å². The Bertz CT molecular complexity index is 1010. The minimum Gasteiger partial charge on any atom is -0.345 e. The Morgan fingerprint density at radius 1 is 1.00 bits per heavy atom. The van der Waals surface area contributed by atoms with Gasteiger partial charge in [0.15, 0.2) is 0 Å². The van der Waals surface area contributed by atoms with Crippen LogP contribution in [0, 0.1) is 0 Å². The summed E-state index contributed by atoms with van der Waals surface area (Å²) in [6.07, 6.45) is 0. The lowest BCUT2D eigenvalue weighted by Gasteiger charge is -2.00. The summed E-state index contributed by atoms with van der Waals surface area (Å²) >= 11 is 1.57. The topological polar surface area (TPSA) is 70.7 Å². The van der Waals surface area contributed by atoms with Crippen LogP contribution in [-0.4, -0.2) is 21.1 Å². The summed E-state index contributed by atoms with van der Waals surface area (Å²) in [4.78, 5) is 16.9. The predicted octanol–water partition coefficient (Wildman–Crippen LogP) is 4.13. The minimum atomic E-state index is -0.200. The first-order valence-electron chi connectivity index (χ1n) is 8.18. The van der Waals surface area contributed by atoms with Crippen molar-refractivity contribution in [3.05, 3.63) is 83.5 Å². The van der Waals surface area contributed by atoms with Gasteiger partial charge >= 0.3 is 0 Å². The second-order valence-corrected chi connectivity index (χ2v) is 6.58. The molecule has 0 aliphatic heterocycles. The van der Waals surface area contributed by atoms with E-state index in [2.05, 4.69) is 20.5 Å². The van der Waals surface area contributed by atoms with E-state index in [1.54, 1.807) is 17.4 Å². The molecular weight excluding hydrogens is 344 g/mol. The molecule has 6 heteroatoms. The molecule has 26 heavy (non-hydrogen) atoms. The summed E-state index contributed by atoms with van der Waals surface area (Å²) in [6, 6.07) is 21.5. The zero-order valence-corrected chi connectivity index (χ0v) is 14.7. The first-order valence-corrected chi connectivity index (χ1v) is 9.06. The van der Waals surface area contributed by atoms with Crippen LogP contribution in [0.2, 0.25) is 0 Å². The maximum absolute atomic E-state index is 12.3. The molecule has 2 N–H and O–H groups in total. The van der Waals surface area contributed by atoms with Gasteiger partial charge in [-0.2, -0.15) is 5.10 Å². The molecule has 2 aromatic heterocycles. The van der Waals surface area contributed by atoms with Crippen LogP contribution in [0.5, 0.6) is 0 Å². The molecule has 5 nitrogen and oxygen atoms in total. The Hall–Kier alpha value is -3.25. The number of thiazole rings is 1. The van der Waals surface area contributed by atoms with Gasteiger partial charge in [0.2, 0.25) is 0 Å². The normalized spacial score (nSPS) is 10.6. The van der Waals surface area contributed by atoms with Gasteiger partial charge in [0, 0.05) is 16.5 Å². The SMILES string of the molecule is O=C(NCc1csc(-c2ccccc2)n1)c1cc(-c2ccccc2)n[nH]1. The molecule has 0 spiro atoms. The average molecular weight is 360 g/mol. The number of rotatable bonds is 5. The van der Waals surface area contributed by atoms with Crippen LogP contribution in [0.25, 0.3) is 21.8 Å². The Labute approximate surface area is 154 Å². The molecule has 0 unspecified atom stereocenters. The van der Waals surface area contributed by atoms with Crippen molar-refractivity contribution in [3.8, 4) is 21.8 Å². The molecule has 2 heterocycles. The lowest BCUT2D eigenvalue weighted by Crippen LogP contribution is -2.23. The molecule has 1 amide bonds. The molecule has 0 aliphatic carbocycles. The van der Waals surface area contributed by atoms with Gasteiger partial charge in [-0.1, -0.05) is 60.7 Å². The van der Waals surface area contributed by atoms with E-state index < -0.39 is 0 Å². The number of amides is 1. The number of hydrogen-bond donors (Lipinski definition) is 2. The smallest absolute Gasteiger partial charge is 0.269 e. The third-order valence-electron chi connectivity index (χ3n) is 3.89. The molecule has 4 rings (SSSR count). The largest absolute Gasteiger partial charge is 0.345 e. The molecular formula is C20H16N4OS. The highest BCUT2D eigenvalue weighted by atomic mass is 32.1. The van der Waals surface area contributed by atoms with Crippen molar-refractivity contribution < 1.29 is 4.79 Å². The van der Waals surface area contributed by atoms with Crippen LogP contribution in [0.1, 0.15) is 16.2 Å². The van der Waals surface area contributed by atoms with Gasteiger partial charge in [0.25, 0.3) is 5.91 Å². The van der Waals surface area contributed by atoms with E-state index in [9.17, 15) is 4.79 Å². The maximum Gasteiger partial charge on any atom is 0.269 e. The van der Waals surface area contributed by atoms with Gasteiger partial charge in [-0.25, -0.2) is 4.98 Å². The van der Waals surface area contributed by atoms with E-state index in [1.807, 2.05) is 66.0 Å². The molecule has 0 saturated carbocycles. The third-order valence-corrected chi connectivity index (χ3v) is 4.83. The van der Waals surface area contributed by atoms with Crippen molar-refractivity contribution in [2.45, 2.75) is 6.54 Å². The number of nitrogens with one attached hydrogen (secondary N) is 2. The Balaban J connectivity index is 1.40. The van der Waals surface area contributed by atoms with E-state index in [4.69, 9.17) is 0 Å². The molecule has 2 aromatic carbocycles. The fourth-order valence-corrected chi connectivity index (χ4v) is 3.39. The zero-order valence-electron chi connectivity index (χ0n) is 13.8. The molecule has 0 radical (unpaired) electrons. The fourth-order valence-electron chi connectivity index (χ4n) is 2.56. The zero-order chi connectivity index (χ0) is 17.8. The lowest BCUT2D eigenvalue weighted by molar-refractivity contribution is 0.0945. The van der Waals surface area contributed by atoms with Crippen molar-refractivity contribution >= 4 is 17.2 Å². The monoisotopic (exact) mass is 360 g/mol. The number of aromatic amines is 1. The van der Waals surface area contributed by atoms with Crippen molar-refractivity contribution in [2.75, 3.05) is 0 Å². The quantitative estimate of drug-likeness (QED) is 0.562. The Kier molecular flexibility index (Phi) is 4.57. The second kappa shape index (κ2) is 7.33. The van der Waals surface area contributed by atoms with Gasteiger partial charge in [-0.3, -0.25) is 9.89 Å². The molecule has 0 aliphatic rings. The van der Waals surface area contributed by atoms with Crippen molar-refractivity contribution in [2.24, 2.45) is 0 Å². The van der Waals surface area contributed by atoms with Gasteiger partial charge < -0.3 is 5.32 Å². The molecule has 0 saturated heterocycles. The fraction of sp³-hybridized carbons (Fsp3) is 0.0500. The standard InChI is InChI=1S/C20H16N4OS/c25-19(18-11-17(23-24-18)14-7-3-1-4-8-14)21-12-16-13-26-20(22-16)15-9-5-2-6-10-15/h1-11,13H,12H2,(H,21,25)(H,23,24). The summed E-state index contributed by atoms with van der Waals surface area (Å²) in [5, 5.41) is 12.8. The van der Waals surface area contributed by atoms with Crippen LogP contribution in [0.4, 0.5) is 0 Å². The number of hydrogen-bond acceptors (Lipinski definition) is 4. The first-order chi connectivity index (χ1) is 12.8. The summed E-state index contributed by atoms with van der Waals surface area (Å²) in [6.45, 7) is 0.377. The Morgan fingerprint density at radius 2 is 1.69 bits per heavy atom. The van der Waals surface area contributed by atoms with Gasteiger partial charge in [0.05, 0.1) is 17.9 Å². The summed E-state index contributed by atoms with van der Waals surface area (Å²) in [7, 11) is 0. The summed E-state index contributed by atoms with van der Waals surface area (Å²) in [5.74, 6) is -0.200. The van der Waals surface area contributed by atoms with E-state index in [-0.39, 0.29) is 5.91 Å². The number of aromatic nitrogens is 3. The van der Waals surface area contributed by atoms with Crippen LogP contribution in [-0.2, 0) is 6.54 Å². The summed E-state index contributed by atoms with van der Waals surface area (Å²) < 4.78 is 0. The third kappa shape index (κ3) is 3.55. The van der Waals surface area contributed by atoms with Crippen LogP contribution in [0.3, 0.4) is 0 Å². The van der Waals surface area contributed by atoms with Crippen LogP contribution < -0.4 is 5.32 Å². The molecule has 0 bridgehead atoms. The second-order valence-electron chi connectivity index (χ2n) is 5.73. The predicted molar refractivity (Wildman–Crippen MR) is 103 cm³/mol. The van der Waals surface area contributed by atoms with Crippen LogP contribution >= 0.6 is 11.3 Å². The number of carbonyl (C=O) groups is 1. The van der Waals surface area contributed by atoms with E-state index >= 15 is 0 Å². The van der Waals surface area contributed by atoms with E-state index in [1.165, 1.54) is 0 Å². The molecule has 4 aromatic rings. The van der Waals surface area contributed by atoms with Gasteiger partial charge in [-0.15, -0.1) is 11.3 Å². The number of H-pyrrole nitrogens is 1. The number of benzene rings is 2. The Morgan fingerprint density at radius 3 is 2.42 bits per heavy atom. The maximum atomic E-state index is 12.3. The number of nitrogens with zero attached hydrogens (tertiary/aromatic N) is 2. The highest BCUT2D eigenvalue weighted by Gasteiger charge is 2.12. The highest BCUT2D eigenvalue weighted by Crippen LogP contribution is 2.23. The first kappa shape index (κ1) is 16.2. The molecule has 0 fully saturated rings. The number of carbonyl (C=O) groups excluding carboxylic acids is 1. The summed E-state index contributed by atoms with van der Waals surface area (Å²) in [5.41, 5.74) is 4.06. The van der Waals surface area contributed by atoms with Gasteiger partial charge in [0.1, 0.15) is 10.7 Å². The van der Waals surface area contributed by atoms with Gasteiger partial charge in [-0.05, 0) is 6.07 Å². The van der Waals surface area contributed by atoms with E-state index in [0.29, 0.717) is 12.2 Å².